The summed E-state index contributed by atoms with van der Waals surface area (Å²) in [7, 11) is 0. The summed E-state index contributed by atoms with van der Waals surface area (Å²) in [6.45, 7) is 7.04. The SMILES string of the molecule is CC(C)Oc1cccc2c1nc(N)n2N1CCOCC1. The van der Waals surface area contributed by atoms with Gasteiger partial charge in [-0.1, -0.05) is 6.07 Å². The second-order valence-corrected chi connectivity index (χ2v) is 5.14. The van der Waals surface area contributed by atoms with Crippen molar-refractivity contribution in [2.75, 3.05) is 37.0 Å². The predicted molar refractivity (Wildman–Crippen MR) is 78.7 cm³/mol. The summed E-state index contributed by atoms with van der Waals surface area (Å²) in [5.41, 5.74) is 7.88. The van der Waals surface area contributed by atoms with Crippen LogP contribution in [0.4, 0.5) is 5.95 Å². The van der Waals surface area contributed by atoms with E-state index in [1.54, 1.807) is 0 Å². The Morgan fingerprint density at radius 3 is 2.75 bits per heavy atom. The molecule has 0 aliphatic carbocycles. The average molecular weight is 276 g/mol. The maximum atomic E-state index is 6.10. The van der Waals surface area contributed by atoms with E-state index in [2.05, 4.69) is 9.99 Å². The van der Waals surface area contributed by atoms with E-state index in [-0.39, 0.29) is 6.10 Å². The number of para-hydroxylation sites is 1. The maximum absolute atomic E-state index is 6.10. The van der Waals surface area contributed by atoms with Crippen LogP contribution in [0.2, 0.25) is 0 Å². The largest absolute Gasteiger partial charge is 0.489 e. The van der Waals surface area contributed by atoms with Gasteiger partial charge < -0.3 is 20.2 Å². The smallest absolute Gasteiger partial charge is 0.220 e. The fourth-order valence-electron chi connectivity index (χ4n) is 2.48. The molecule has 0 saturated carbocycles. The number of morpholine rings is 1. The molecular formula is C14H20N4O2. The molecule has 0 spiro atoms. The van der Waals surface area contributed by atoms with Crippen molar-refractivity contribution in [1.29, 1.82) is 0 Å². The fraction of sp³-hybridized carbons (Fsp3) is 0.500. The highest BCUT2D eigenvalue weighted by atomic mass is 16.5. The van der Waals surface area contributed by atoms with E-state index in [1.165, 1.54) is 0 Å². The summed E-state index contributed by atoms with van der Waals surface area (Å²) in [4.78, 5) is 4.47. The van der Waals surface area contributed by atoms with Crippen molar-refractivity contribution in [1.82, 2.24) is 9.66 Å². The number of ether oxygens (including phenoxy) is 2. The minimum Gasteiger partial charge on any atom is -0.489 e. The number of nitrogens with zero attached hydrogens (tertiary/aromatic N) is 3. The number of rotatable bonds is 3. The lowest BCUT2D eigenvalue weighted by atomic mass is 10.3. The molecular weight excluding hydrogens is 256 g/mol. The molecule has 1 aromatic heterocycles. The van der Waals surface area contributed by atoms with E-state index >= 15 is 0 Å². The molecule has 2 N–H and O–H groups in total. The lowest BCUT2D eigenvalue weighted by Gasteiger charge is -2.30. The summed E-state index contributed by atoms with van der Waals surface area (Å²) in [6.07, 6.45) is 0.107. The molecule has 0 bridgehead atoms. The van der Waals surface area contributed by atoms with Gasteiger partial charge in [-0.25, -0.2) is 9.66 Å². The van der Waals surface area contributed by atoms with Gasteiger partial charge in [0.2, 0.25) is 5.95 Å². The summed E-state index contributed by atoms with van der Waals surface area (Å²) in [5.74, 6) is 1.26. The standard InChI is InChI=1S/C14H20N4O2/c1-10(2)20-12-5-3-4-11-13(12)16-14(15)18(11)17-6-8-19-9-7-17/h3-5,10H,6-9H2,1-2H3,(H2,15,16). The van der Waals surface area contributed by atoms with E-state index in [4.69, 9.17) is 15.2 Å². The molecule has 1 fully saturated rings. The van der Waals surface area contributed by atoms with E-state index in [0.29, 0.717) is 19.2 Å². The molecule has 0 atom stereocenters. The number of nitrogen functional groups attached to an aromatic ring is 1. The normalized spacial score (nSPS) is 16.1. The highest BCUT2D eigenvalue weighted by Gasteiger charge is 2.19. The highest BCUT2D eigenvalue weighted by Crippen LogP contribution is 2.28. The zero-order valence-electron chi connectivity index (χ0n) is 11.9. The number of hydrogen-bond acceptors (Lipinski definition) is 5. The first-order valence-electron chi connectivity index (χ1n) is 6.93. The third kappa shape index (κ3) is 2.27. The second kappa shape index (κ2) is 5.20. The van der Waals surface area contributed by atoms with Crippen LogP contribution in [0.1, 0.15) is 13.8 Å². The summed E-state index contributed by atoms with van der Waals surface area (Å²) in [6, 6.07) is 5.91. The summed E-state index contributed by atoms with van der Waals surface area (Å²) < 4.78 is 13.2. The van der Waals surface area contributed by atoms with Gasteiger partial charge in [-0.15, -0.1) is 0 Å². The van der Waals surface area contributed by atoms with Crippen LogP contribution in [0.25, 0.3) is 11.0 Å². The van der Waals surface area contributed by atoms with Crippen molar-refractivity contribution in [3.05, 3.63) is 18.2 Å². The number of aromatic nitrogens is 2. The number of anilines is 1. The third-order valence-corrected chi connectivity index (χ3v) is 3.28. The predicted octanol–water partition coefficient (Wildman–Crippen LogP) is 1.37. The van der Waals surface area contributed by atoms with Crippen LogP contribution in [0.5, 0.6) is 5.75 Å². The number of nitrogens with two attached hydrogens (primary N) is 1. The molecule has 1 saturated heterocycles. The molecule has 2 aromatic rings. The van der Waals surface area contributed by atoms with Gasteiger partial charge in [0, 0.05) is 0 Å². The minimum atomic E-state index is 0.107. The van der Waals surface area contributed by atoms with Crippen molar-refractivity contribution < 1.29 is 9.47 Å². The number of benzene rings is 1. The molecule has 0 unspecified atom stereocenters. The Morgan fingerprint density at radius 1 is 1.30 bits per heavy atom. The van der Waals surface area contributed by atoms with Crippen molar-refractivity contribution in [2.24, 2.45) is 0 Å². The van der Waals surface area contributed by atoms with Crippen LogP contribution >= 0.6 is 0 Å². The van der Waals surface area contributed by atoms with Crippen molar-refractivity contribution in [3.63, 3.8) is 0 Å². The Kier molecular flexibility index (Phi) is 3.40. The first-order valence-corrected chi connectivity index (χ1v) is 6.93. The average Bonchev–Trinajstić information content (AvgIpc) is 2.76. The zero-order chi connectivity index (χ0) is 14.1. The van der Waals surface area contributed by atoms with Crippen LogP contribution in [0.3, 0.4) is 0 Å². The van der Waals surface area contributed by atoms with Gasteiger partial charge in [0.15, 0.2) is 0 Å². The first kappa shape index (κ1) is 13.1. The number of hydrogen-bond donors (Lipinski definition) is 1. The lowest BCUT2D eigenvalue weighted by Crippen LogP contribution is -2.44. The van der Waals surface area contributed by atoms with Crippen LogP contribution in [-0.2, 0) is 4.74 Å². The molecule has 0 radical (unpaired) electrons. The van der Waals surface area contributed by atoms with E-state index < -0.39 is 0 Å². The lowest BCUT2D eigenvalue weighted by molar-refractivity contribution is 0.112. The quantitative estimate of drug-likeness (QED) is 0.917. The maximum Gasteiger partial charge on any atom is 0.220 e. The molecule has 20 heavy (non-hydrogen) atoms. The monoisotopic (exact) mass is 276 g/mol. The van der Waals surface area contributed by atoms with Crippen molar-refractivity contribution >= 4 is 17.0 Å². The van der Waals surface area contributed by atoms with Gasteiger partial charge in [-0.05, 0) is 26.0 Å². The summed E-state index contributed by atoms with van der Waals surface area (Å²) >= 11 is 0. The van der Waals surface area contributed by atoms with Crippen LogP contribution in [0.15, 0.2) is 18.2 Å². The Bertz CT molecular complexity index is 602. The third-order valence-electron chi connectivity index (χ3n) is 3.28. The molecule has 1 aromatic carbocycles. The molecule has 6 nitrogen and oxygen atoms in total. The number of imidazole rings is 1. The van der Waals surface area contributed by atoms with E-state index in [0.717, 1.165) is 29.9 Å². The van der Waals surface area contributed by atoms with Gasteiger partial charge in [-0.2, -0.15) is 0 Å². The Labute approximate surface area is 118 Å². The van der Waals surface area contributed by atoms with E-state index in [9.17, 15) is 0 Å². The van der Waals surface area contributed by atoms with Crippen LogP contribution in [-0.4, -0.2) is 42.1 Å². The van der Waals surface area contributed by atoms with Gasteiger partial charge in [0.1, 0.15) is 11.3 Å². The molecule has 0 amide bonds. The first-order chi connectivity index (χ1) is 9.66. The van der Waals surface area contributed by atoms with Crippen molar-refractivity contribution in [2.45, 2.75) is 20.0 Å². The Hall–Kier alpha value is -1.95. The van der Waals surface area contributed by atoms with Gasteiger partial charge in [0.25, 0.3) is 0 Å². The van der Waals surface area contributed by atoms with Gasteiger partial charge in [-0.3, -0.25) is 0 Å². The van der Waals surface area contributed by atoms with Crippen LogP contribution in [0, 0.1) is 0 Å². The second-order valence-electron chi connectivity index (χ2n) is 5.14. The Balaban J connectivity index is 2.06. The molecule has 108 valence electrons. The Morgan fingerprint density at radius 2 is 2.05 bits per heavy atom. The zero-order valence-corrected chi connectivity index (χ0v) is 11.9. The number of fused-ring (bicyclic) bond motifs is 1. The van der Waals surface area contributed by atoms with Gasteiger partial charge >= 0.3 is 0 Å². The summed E-state index contributed by atoms with van der Waals surface area (Å²) in [5, 5.41) is 2.16. The van der Waals surface area contributed by atoms with Crippen molar-refractivity contribution in [3.8, 4) is 5.75 Å². The molecule has 6 heteroatoms. The van der Waals surface area contributed by atoms with Gasteiger partial charge in [0.05, 0.1) is 37.9 Å². The topological polar surface area (TPSA) is 65.5 Å². The minimum absolute atomic E-state index is 0.107. The molecule has 1 aliphatic heterocycles. The molecule has 3 rings (SSSR count). The molecule has 1 aliphatic rings. The molecule has 2 heterocycles. The van der Waals surface area contributed by atoms with E-state index in [1.807, 2.05) is 36.7 Å². The fourth-order valence-corrected chi connectivity index (χ4v) is 2.48. The highest BCUT2D eigenvalue weighted by molar-refractivity contribution is 5.84. The van der Waals surface area contributed by atoms with Crippen LogP contribution < -0.4 is 15.5 Å².